The molecule has 0 bridgehead atoms. The summed E-state index contributed by atoms with van der Waals surface area (Å²) in [5.74, 6) is 0.0614. The molecule has 3 rings (SSSR count). The lowest BCUT2D eigenvalue weighted by molar-refractivity contribution is -0.151. The average Bonchev–Trinajstić information content (AvgIpc) is 3.02. The second-order valence-electron chi connectivity index (χ2n) is 5.08. The van der Waals surface area contributed by atoms with E-state index in [1.54, 1.807) is 18.6 Å². The van der Waals surface area contributed by atoms with E-state index >= 15 is 0 Å². The molecule has 2 aliphatic rings. The van der Waals surface area contributed by atoms with Crippen molar-refractivity contribution < 1.29 is 13.9 Å². The van der Waals surface area contributed by atoms with Crippen LogP contribution in [-0.2, 0) is 16.1 Å². The predicted octanol–water partition coefficient (Wildman–Crippen LogP) is 0.877. The molecule has 1 aromatic rings. The van der Waals surface area contributed by atoms with Gasteiger partial charge in [-0.05, 0) is 6.07 Å². The average molecular weight is 262 g/mol. The van der Waals surface area contributed by atoms with Crippen molar-refractivity contribution in [1.82, 2.24) is 9.80 Å². The highest BCUT2D eigenvalue weighted by atomic mass is 16.5. The Bertz CT molecular complexity index is 457. The van der Waals surface area contributed by atoms with E-state index in [0.29, 0.717) is 6.54 Å². The number of likely N-dealkylation sites (tertiary alicyclic amines) is 1. The van der Waals surface area contributed by atoms with Crippen molar-refractivity contribution in [3.05, 3.63) is 36.8 Å². The number of furan rings is 1. The normalized spacial score (nSPS) is 27.6. The summed E-state index contributed by atoms with van der Waals surface area (Å²) in [4.78, 5) is 16.1. The van der Waals surface area contributed by atoms with Crippen molar-refractivity contribution in [2.75, 3.05) is 26.2 Å². The zero-order valence-electron chi connectivity index (χ0n) is 10.8. The molecule has 2 aliphatic heterocycles. The number of nitrogens with zero attached hydrogens (tertiary/aromatic N) is 2. The van der Waals surface area contributed by atoms with Crippen molar-refractivity contribution in [3.63, 3.8) is 0 Å². The van der Waals surface area contributed by atoms with Crippen LogP contribution in [0.3, 0.4) is 0 Å². The van der Waals surface area contributed by atoms with Gasteiger partial charge in [-0.25, -0.2) is 0 Å². The third kappa shape index (κ3) is 2.43. The highest BCUT2D eigenvalue weighted by Gasteiger charge is 2.42. The first kappa shape index (κ1) is 12.4. The summed E-state index contributed by atoms with van der Waals surface area (Å²) in [6.45, 7) is 7.05. The topological polar surface area (TPSA) is 45.9 Å². The number of rotatable bonds is 4. The van der Waals surface area contributed by atoms with Crippen LogP contribution in [0.4, 0.5) is 0 Å². The van der Waals surface area contributed by atoms with Gasteiger partial charge in [0.2, 0.25) is 5.91 Å². The van der Waals surface area contributed by atoms with Crippen molar-refractivity contribution in [2.24, 2.45) is 0 Å². The molecule has 0 unspecified atom stereocenters. The molecule has 1 amide bonds. The number of fused-ring (bicyclic) bond motifs is 1. The van der Waals surface area contributed by atoms with E-state index in [2.05, 4.69) is 11.5 Å². The number of hydrogen-bond donors (Lipinski definition) is 0. The van der Waals surface area contributed by atoms with Gasteiger partial charge in [0.1, 0.15) is 6.61 Å². The van der Waals surface area contributed by atoms with Crippen molar-refractivity contribution in [3.8, 4) is 0 Å². The molecule has 3 heterocycles. The Balaban J connectivity index is 1.68. The molecule has 0 aliphatic carbocycles. The Morgan fingerprint density at radius 2 is 2.37 bits per heavy atom. The largest absolute Gasteiger partial charge is 0.472 e. The van der Waals surface area contributed by atoms with Crippen molar-refractivity contribution >= 4 is 5.91 Å². The summed E-state index contributed by atoms with van der Waals surface area (Å²) in [6, 6.07) is 2.11. The molecular weight excluding hydrogens is 244 g/mol. The molecule has 0 N–H and O–H groups in total. The number of amides is 1. The summed E-state index contributed by atoms with van der Waals surface area (Å²) in [5.41, 5.74) is 1.15. The second-order valence-corrected chi connectivity index (χ2v) is 5.08. The van der Waals surface area contributed by atoms with Gasteiger partial charge in [0.25, 0.3) is 0 Å². The molecule has 5 nitrogen and oxygen atoms in total. The molecule has 1 aromatic heterocycles. The van der Waals surface area contributed by atoms with Crippen LogP contribution in [0, 0.1) is 0 Å². The fourth-order valence-electron chi connectivity index (χ4n) is 2.89. The minimum Gasteiger partial charge on any atom is -0.472 e. The highest BCUT2D eigenvalue weighted by Crippen LogP contribution is 2.24. The molecule has 0 spiro atoms. The molecule has 2 fully saturated rings. The second kappa shape index (κ2) is 5.19. The van der Waals surface area contributed by atoms with Gasteiger partial charge in [-0.2, -0.15) is 0 Å². The smallest absolute Gasteiger partial charge is 0.249 e. The van der Waals surface area contributed by atoms with Crippen LogP contribution in [0.5, 0.6) is 0 Å². The lowest BCUT2D eigenvalue weighted by Crippen LogP contribution is -2.53. The molecule has 2 saturated heterocycles. The maximum Gasteiger partial charge on any atom is 0.249 e. The van der Waals surface area contributed by atoms with E-state index in [9.17, 15) is 4.79 Å². The van der Waals surface area contributed by atoms with Gasteiger partial charge in [-0.15, -0.1) is 6.58 Å². The van der Waals surface area contributed by atoms with Crippen molar-refractivity contribution in [2.45, 2.75) is 18.7 Å². The Labute approximate surface area is 112 Å². The quantitative estimate of drug-likeness (QED) is 0.756. The zero-order chi connectivity index (χ0) is 13.2. The first-order valence-electron chi connectivity index (χ1n) is 6.53. The van der Waals surface area contributed by atoms with Gasteiger partial charge in [-0.3, -0.25) is 9.69 Å². The van der Waals surface area contributed by atoms with E-state index in [-0.39, 0.29) is 24.7 Å². The van der Waals surface area contributed by atoms with Crippen molar-refractivity contribution in [1.29, 1.82) is 0 Å². The number of hydrogen-bond acceptors (Lipinski definition) is 4. The van der Waals surface area contributed by atoms with E-state index in [1.807, 2.05) is 11.0 Å². The monoisotopic (exact) mass is 262 g/mol. The maximum atomic E-state index is 11.9. The third-order valence-electron chi connectivity index (χ3n) is 3.77. The SMILES string of the molecule is C=CCN1C(=O)CO[C@@H]2CN(Cc3ccoc3)C[C@@H]21. The van der Waals surface area contributed by atoms with E-state index in [4.69, 9.17) is 9.15 Å². The highest BCUT2D eigenvalue weighted by molar-refractivity contribution is 5.78. The maximum absolute atomic E-state index is 11.9. The van der Waals surface area contributed by atoms with E-state index < -0.39 is 0 Å². The van der Waals surface area contributed by atoms with E-state index in [0.717, 1.165) is 25.2 Å². The summed E-state index contributed by atoms with van der Waals surface area (Å²) >= 11 is 0. The van der Waals surface area contributed by atoms with Gasteiger partial charge in [0, 0.05) is 31.7 Å². The van der Waals surface area contributed by atoms with Gasteiger partial charge >= 0.3 is 0 Å². The summed E-state index contributed by atoms with van der Waals surface area (Å²) < 4.78 is 10.7. The zero-order valence-corrected chi connectivity index (χ0v) is 10.8. The summed E-state index contributed by atoms with van der Waals surface area (Å²) in [5, 5.41) is 0. The standard InChI is InChI=1S/C14H18N2O3/c1-2-4-16-12-7-15(6-11-3-5-18-9-11)8-13(12)19-10-14(16)17/h2-3,5,9,12-13H,1,4,6-8,10H2/t12-,13+/m0/s1. The molecule has 0 saturated carbocycles. The molecule has 102 valence electrons. The van der Waals surface area contributed by atoms with Gasteiger partial charge < -0.3 is 14.1 Å². The number of ether oxygens (including phenoxy) is 1. The molecule has 19 heavy (non-hydrogen) atoms. The first-order chi connectivity index (χ1) is 9.28. The summed E-state index contributed by atoms with van der Waals surface area (Å²) in [6.07, 6.45) is 5.33. The van der Waals surface area contributed by atoms with Crippen LogP contribution in [0.25, 0.3) is 0 Å². The van der Waals surface area contributed by atoms with Crippen LogP contribution in [-0.4, -0.2) is 54.1 Å². The minimum atomic E-state index is 0.0614. The van der Waals surface area contributed by atoms with Crippen LogP contribution in [0.2, 0.25) is 0 Å². The molecule has 2 atom stereocenters. The molecular formula is C14H18N2O3. The predicted molar refractivity (Wildman–Crippen MR) is 69.4 cm³/mol. The molecule has 0 aromatic carbocycles. The van der Waals surface area contributed by atoms with Gasteiger partial charge in [0.05, 0.1) is 24.7 Å². The Hall–Kier alpha value is -1.59. The van der Waals surface area contributed by atoms with Crippen LogP contribution < -0.4 is 0 Å². The Kier molecular flexibility index (Phi) is 3.40. The van der Waals surface area contributed by atoms with Crippen LogP contribution >= 0.6 is 0 Å². The van der Waals surface area contributed by atoms with Crippen LogP contribution in [0.15, 0.2) is 35.7 Å². The number of carbonyl (C=O) groups excluding carboxylic acids is 1. The number of morpholine rings is 1. The summed E-state index contributed by atoms with van der Waals surface area (Å²) in [7, 11) is 0. The Morgan fingerprint density at radius 3 is 3.11 bits per heavy atom. The van der Waals surface area contributed by atoms with Gasteiger partial charge in [0.15, 0.2) is 0 Å². The molecule has 5 heteroatoms. The van der Waals surface area contributed by atoms with Crippen LogP contribution in [0.1, 0.15) is 5.56 Å². The Morgan fingerprint density at radius 1 is 1.47 bits per heavy atom. The fourth-order valence-corrected chi connectivity index (χ4v) is 2.89. The fraction of sp³-hybridized carbons (Fsp3) is 0.500. The lowest BCUT2D eigenvalue weighted by atomic mass is 10.1. The number of carbonyl (C=O) groups is 1. The van der Waals surface area contributed by atoms with Gasteiger partial charge in [-0.1, -0.05) is 6.08 Å². The molecule has 0 radical (unpaired) electrons. The first-order valence-corrected chi connectivity index (χ1v) is 6.53. The minimum absolute atomic E-state index is 0.0614. The lowest BCUT2D eigenvalue weighted by Gasteiger charge is -2.36. The van der Waals surface area contributed by atoms with E-state index in [1.165, 1.54) is 0 Å². The third-order valence-corrected chi connectivity index (χ3v) is 3.77.